The fourth-order valence-electron chi connectivity index (χ4n) is 10.3. The SMILES string of the molecule is COc1nc(-c2cccc(-c3cccc(-c4cc5c(c(OC)n4)[C@@H](N4CC6(CCC(=O)N6)C4)CC5)c3Cl)c2F)cc2c1[C@@H](N1CC3(CCC(=O)N3)C1)CC2. The van der Waals surface area contributed by atoms with Crippen molar-refractivity contribution in [2.75, 3.05) is 40.4 Å². The molecule has 0 radical (unpaired) electrons. The molecular weight excluding hydrogens is 707 g/mol. The van der Waals surface area contributed by atoms with Crippen LogP contribution in [0.1, 0.15) is 72.9 Å². The Labute approximate surface area is 318 Å². The van der Waals surface area contributed by atoms with Crippen molar-refractivity contribution in [2.24, 2.45) is 0 Å². The number of hydrogen-bond acceptors (Lipinski definition) is 8. The Kier molecular flexibility index (Phi) is 7.84. The minimum Gasteiger partial charge on any atom is -0.481 e. The van der Waals surface area contributed by atoms with E-state index in [-0.39, 0.29) is 35.0 Å². The molecule has 4 saturated heterocycles. The molecule has 10 nitrogen and oxygen atoms in total. The van der Waals surface area contributed by atoms with E-state index in [0.29, 0.717) is 63.3 Å². The summed E-state index contributed by atoms with van der Waals surface area (Å²) in [5.74, 6) is 0.965. The Morgan fingerprint density at radius 3 is 1.65 bits per heavy atom. The second-order valence-electron chi connectivity index (χ2n) is 16.1. The molecule has 0 unspecified atom stereocenters. The second kappa shape index (κ2) is 12.5. The van der Waals surface area contributed by atoms with Gasteiger partial charge in [-0.05, 0) is 67.9 Å². The lowest BCUT2D eigenvalue weighted by Crippen LogP contribution is -2.67. The first-order chi connectivity index (χ1) is 26.2. The first kappa shape index (κ1) is 33.9. The molecule has 54 heavy (non-hydrogen) atoms. The van der Waals surface area contributed by atoms with Crippen LogP contribution in [0.3, 0.4) is 0 Å². The molecule has 10 rings (SSSR count). The topological polar surface area (TPSA) is 109 Å². The standard InChI is InChI=1S/C42H42ClFN6O4/c1-53-39-35-23(9-11-31(35)49-19-41(20-49)15-13-33(51)47-41)17-29(45-39)27-7-3-5-25(37(27)43)26-6-4-8-28(38(26)44)30-18-24-10-12-32(36(24)40(46-30)54-2)50-21-42(22-50)16-14-34(52)48-42/h3-8,17-18,31-32H,9-16,19-22H2,1-2H3,(H,47,51)(H,48,52)/t31-,32-/m0/s1. The molecule has 2 aromatic carbocycles. The maximum Gasteiger partial charge on any atom is 0.220 e. The van der Waals surface area contributed by atoms with Gasteiger partial charge in [0, 0.05) is 84.5 Å². The maximum atomic E-state index is 16.8. The number of rotatable bonds is 7. The Morgan fingerprint density at radius 2 is 1.17 bits per heavy atom. The largest absolute Gasteiger partial charge is 0.481 e. The summed E-state index contributed by atoms with van der Waals surface area (Å²) < 4.78 is 28.5. The number of ether oxygens (including phenoxy) is 2. The van der Waals surface area contributed by atoms with Crippen LogP contribution in [0.2, 0.25) is 5.02 Å². The Bertz CT molecular complexity index is 2100. The third kappa shape index (κ3) is 5.26. The van der Waals surface area contributed by atoms with Crippen molar-refractivity contribution in [3.8, 4) is 45.4 Å². The highest BCUT2D eigenvalue weighted by Gasteiger charge is 2.52. The molecule has 0 saturated carbocycles. The van der Waals surface area contributed by atoms with Crippen LogP contribution in [0.15, 0.2) is 48.5 Å². The van der Waals surface area contributed by atoms with Gasteiger partial charge in [0.15, 0.2) is 0 Å². The highest BCUT2D eigenvalue weighted by atomic mass is 35.5. The molecule has 2 aromatic heterocycles. The number of nitrogens with zero attached hydrogens (tertiary/aromatic N) is 4. The van der Waals surface area contributed by atoms with Crippen LogP contribution >= 0.6 is 11.6 Å². The zero-order chi connectivity index (χ0) is 36.9. The van der Waals surface area contributed by atoms with Gasteiger partial charge in [-0.1, -0.05) is 41.9 Å². The van der Waals surface area contributed by atoms with E-state index in [4.69, 9.17) is 31.0 Å². The van der Waals surface area contributed by atoms with Gasteiger partial charge in [0.05, 0.1) is 41.7 Å². The smallest absolute Gasteiger partial charge is 0.220 e. The zero-order valence-corrected chi connectivity index (χ0v) is 31.2. The lowest BCUT2D eigenvalue weighted by Gasteiger charge is -2.50. The monoisotopic (exact) mass is 748 g/mol. The molecule has 2 aliphatic carbocycles. The maximum absolute atomic E-state index is 16.8. The van der Waals surface area contributed by atoms with E-state index in [1.54, 1.807) is 26.4 Å². The molecule has 0 bridgehead atoms. The average molecular weight is 749 g/mol. The number of nitrogens with one attached hydrogen (secondary N) is 2. The molecule has 6 heterocycles. The van der Waals surface area contributed by atoms with Crippen molar-refractivity contribution in [3.63, 3.8) is 0 Å². The van der Waals surface area contributed by atoms with E-state index < -0.39 is 5.82 Å². The number of likely N-dealkylation sites (tertiary alicyclic amines) is 2. The quantitative estimate of drug-likeness (QED) is 0.231. The molecule has 4 fully saturated rings. The fourth-order valence-corrected chi connectivity index (χ4v) is 10.6. The van der Waals surface area contributed by atoms with E-state index in [2.05, 4.69) is 26.5 Å². The number of benzene rings is 2. The number of pyridine rings is 2. The minimum absolute atomic E-state index is 0.0955. The second-order valence-corrected chi connectivity index (χ2v) is 16.5. The lowest BCUT2D eigenvalue weighted by molar-refractivity contribution is -0.122. The number of amides is 2. The van der Waals surface area contributed by atoms with E-state index in [9.17, 15) is 9.59 Å². The van der Waals surface area contributed by atoms with Gasteiger partial charge in [-0.2, -0.15) is 0 Å². The first-order valence-electron chi connectivity index (χ1n) is 19.0. The first-order valence-corrected chi connectivity index (χ1v) is 19.4. The number of carbonyl (C=O) groups is 2. The van der Waals surface area contributed by atoms with Gasteiger partial charge in [0.25, 0.3) is 0 Å². The van der Waals surface area contributed by atoms with E-state index in [1.807, 2.05) is 30.3 Å². The molecule has 2 atom stereocenters. The van der Waals surface area contributed by atoms with Crippen molar-refractivity contribution in [2.45, 2.75) is 74.5 Å². The third-order valence-corrected chi connectivity index (χ3v) is 13.3. The number of fused-ring (bicyclic) bond motifs is 2. The fraction of sp³-hybridized carbons (Fsp3) is 0.429. The van der Waals surface area contributed by atoms with E-state index in [1.165, 1.54) is 5.56 Å². The molecule has 12 heteroatoms. The van der Waals surface area contributed by atoms with Crippen LogP contribution in [0.4, 0.5) is 4.39 Å². The molecular formula is C42H42ClFN6O4. The number of aryl methyl sites for hydroxylation is 2. The number of aromatic nitrogens is 2. The lowest BCUT2D eigenvalue weighted by atomic mass is 9.86. The highest BCUT2D eigenvalue weighted by Crippen LogP contribution is 2.49. The summed E-state index contributed by atoms with van der Waals surface area (Å²) in [6.45, 7) is 3.31. The molecule has 2 spiro atoms. The Balaban J connectivity index is 0.937. The van der Waals surface area contributed by atoms with Crippen LogP contribution in [0.25, 0.3) is 33.6 Å². The number of halogens is 2. The van der Waals surface area contributed by atoms with Crippen molar-refractivity contribution >= 4 is 23.4 Å². The molecule has 2 amide bonds. The number of methoxy groups -OCH3 is 2. The van der Waals surface area contributed by atoms with Gasteiger partial charge < -0.3 is 20.1 Å². The summed E-state index contributed by atoms with van der Waals surface area (Å²) >= 11 is 7.18. The molecule has 6 aliphatic rings. The molecule has 278 valence electrons. The van der Waals surface area contributed by atoms with Gasteiger partial charge in [0.1, 0.15) is 5.82 Å². The minimum atomic E-state index is -0.407. The van der Waals surface area contributed by atoms with E-state index in [0.717, 1.165) is 81.4 Å². The van der Waals surface area contributed by atoms with E-state index >= 15 is 4.39 Å². The van der Waals surface area contributed by atoms with Crippen LogP contribution in [0, 0.1) is 5.82 Å². The van der Waals surface area contributed by atoms with Crippen LogP contribution in [-0.2, 0) is 22.4 Å². The average Bonchev–Trinajstić information content (AvgIpc) is 3.95. The van der Waals surface area contributed by atoms with Gasteiger partial charge in [0.2, 0.25) is 23.6 Å². The molecule has 4 aromatic rings. The van der Waals surface area contributed by atoms with Crippen LogP contribution in [-0.4, -0.2) is 83.1 Å². The van der Waals surface area contributed by atoms with Crippen molar-refractivity contribution in [3.05, 3.63) is 81.6 Å². The highest BCUT2D eigenvalue weighted by molar-refractivity contribution is 6.36. The van der Waals surface area contributed by atoms with Gasteiger partial charge in [-0.25, -0.2) is 14.4 Å². The molecule has 2 N–H and O–H groups in total. The molecule has 4 aliphatic heterocycles. The summed E-state index contributed by atoms with van der Waals surface area (Å²) in [5, 5.41) is 6.78. The summed E-state index contributed by atoms with van der Waals surface area (Å²) in [6.07, 6.45) is 6.54. The van der Waals surface area contributed by atoms with Gasteiger partial charge in [-0.15, -0.1) is 0 Å². The number of hydrogen-bond donors (Lipinski definition) is 2. The third-order valence-electron chi connectivity index (χ3n) is 12.9. The van der Waals surface area contributed by atoms with Crippen molar-refractivity contribution < 1.29 is 23.5 Å². The van der Waals surface area contributed by atoms with Gasteiger partial charge >= 0.3 is 0 Å². The summed E-state index contributed by atoms with van der Waals surface area (Å²) in [6, 6.07) is 15.4. The summed E-state index contributed by atoms with van der Waals surface area (Å²) in [5.41, 5.74) is 7.47. The summed E-state index contributed by atoms with van der Waals surface area (Å²) in [4.78, 5) is 38.5. The Morgan fingerprint density at radius 1 is 0.704 bits per heavy atom. The van der Waals surface area contributed by atoms with Crippen LogP contribution in [0.5, 0.6) is 11.8 Å². The normalized spacial score (nSPS) is 23.6. The predicted molar refractivity (Wildman–Crippen MR) is 202 cm³/mol. The predicted octanol–water partition coefficient (Wildman–Crippen LogP) is 6.19. The Hall–Kier alpha value is -4.58. The zero-order valence-electron chi connectivity index (χ0n) is 30.4. The number of carbonyl (C=O) groups excluding carboxylic acids is 2. The van der Waals surface area contributed by atoms with Crippen molar-refractivity contribution in [1.29, 1.82) is 0 Å². The summed E-state index contributed by atoms with van der Waals surface area (Å²) in [7, 11) is 3.27. The van der Waals surface area contributed by atoms with Crippen molar-refractivity contribution in [1.82, 2.24) is 30.4 Å². The van der Waals surface area contributed by atoms with Crippen LogP contribution < -0.4 is 20.1 Å². The van der Waals surface area contributed by atoms with Gasteiger partial charge in [-0.3, -0.25) is 19.4 Å².